The van der Waals surface area contributed by atoms with Gasteiger partial charge in [0, 0.05) is 12.6 Å². The first-order valence-corrected chi connectivity index (χ1v) is 9.21. The molecule has 0 aliphatic carbocycles. The minimum atomic E-state index is 0.625. The zero-order chi connectivity index (χ0) is 18.7. The number of hydrogen-bond acceptors (Lipinski definition) is 3. The van der Waals surface area contributed by atoms with E-state index in [9.17, 15) is 0 Å². The first kappa shape index (κ1) is 18.5. The van der Waals surface area contributed by atoms with Crippen LogP contribution in [0.5, 0.6) is 11.5 Å². The highest BCUT2D eigenvalue weighted by molar-refractivity contribution is 7.71. The van der Waals surface area contributed by atoms with Gasteiger partial charge in [-0.1, -0.05) is 12.1 Å². The SMILES string of the molecule is CCOc1ccc(C[NH+](C)Cn2c(=S)n(C)c3ccccc32)cc1OC. The third-order valence-electron chi connectivity index (χ3n) is 4.51. The number of benzene rings is 2. The summed E-state index contributed by atoms with van der Waals surface area (Å²) in [7, 11) is 5.87. The Kier molecular flexibility index (Phi) is 5.64. The molecule has 26 heavy (non-hydrogen) atoms. The van der Waals surface area contributed by atoms with Crippen molar-refractivity contribution in [1.29, 1.82) is 0 Å². The normalized spacial score (nSPS) is 12.3. The summed E-state index contributed by atoms with van der Waals surface area (Å²) in [5, 5.41) is 0. The molecule has 3 rings (SSSR count). The molecule has 0 saturated heterocycles. The summed E-state index contributed by atoms with van der Waals surface area (Å²) in [6, 6.07) is 14.5. The van der Waals surface area contributed by atoms with Crippen molar-refractivity contribution < 1.29 is 14.4 Å². The van der Waals surface area contributed by atoms with Crippen LogP contribution in [-0.2, 0) is 20.3 Å². The van der Waals surface area contributed by atoms with E-state index in [0.717, 1.165) is 35.0 Å². The number of rotatable bonds is 7. The van der Waals surface area contributed by atoms with Crippen LogP contribution in [0.3, 0.4) is 0 Å². The lowest BCUT2D eigenvalue weighted by Gasteiger charge is -2.17. The summed E-state index contributed by atoms with van der Waals surface area (Å²) < 4.78 is 16.2. The van der Waals surface area contributed by atoms with Crippen molar-refractivity contribution in [3.8, 4) is 11.5 Å². The number of imidazole rings is 1. The van der Waals surface area contributed by atoms with Gasteiger partial charge in [0.1, 0.15) is 6.54 Å². The fraction of sp³-hybridized carbons (Fsp3) is 0.350. The van der Waals surface area contributed by atoms with E-state index in [1.807, 2.05) is 26.1 Å². The van der Waals surface area contributed by atoms with E-state index in [4.69, 9.17) is 21.7 Å². The first-order valence-electron chi connectivity index (χ1n) is 8.80. The fourth-order valence-electron chi connectivity index (χ4n) is 3.29. The lowest BCUT2D eigenvalue weighted by molar-refractivity contribution is -0.916. The van der Waals surface area contributed by atoms with Gasteiger partial charge in [0.25, 0.3) is 0 Å². The maximum Gasteiger partial charge on any atom is 0.184 e. The minimum Gasteiger partial charge on any atom is -0.493 e. The number of para-hydroxylation sites is 2. The highest BCUT2D eigenvalue weighted by atomic mass is 32.1. The van der Waals surface area contributed by atoms with Crippen LogP contribution in [0.15, 0.2) is 42.5 Å². The Labute approximate surface area is 159 Å². The molecule has 0 radical (unpaired) electrons. The molecule has 0 amide bonds. The summed E-state index contributed by atoms with van der Waals surface area (Å²) in [5.41, 5.74) is 3.53. The van der Waals surface area contributed by atoms with Crippen LogP contribution in [-0.4, -0.2) is 29.9 Å². The second-order valence-corrected chi connectivity index (χ2v) is 6.83. The van der Waals surface area contributed by atoms with Gasteiger partial charge in [-0.25, -0.2) is 0 Å². The Balaban J connectivity index is 1.81. The molecule has 5 nitrogen and oxygen atoms in total. The van der Waals surface area contributed by atoms with Crippen LogP contribution in [0.25, 0.3) is 11.0 Å². The van der Waals surface area contributed by atoms with Crippen LogP contribution in [0.2, 0.25) is 0 Å². The molecule has 1 N–H and O–H groups in total. The third kappa shape index (κ3) is 3.61. The predicted molar refractivity (Wildman–Crippen MR) is 106 cm³/mol. The van der Waals surface area contributed by atoms with Gasteiger partial charge in [0.05, 0.1) is 31.8 Å². The number of aromatic nitrogens is 2. The average molecular weight is 373 g/mol. The van der Waals surface area contributed by atoms with Crippen molar-refractivity contribution in [1.82, 2.24) is 9.13 Å². The number of methoxy groups -OCH3 is 1. The molecule has 0 fully saturated rings. The van der Waals surface area contributed by atoms with Gasteiger partial charge in [0.2, 0.25) is 0 Å². The molecule has 1 atom stereocenters. The molecule has 1 heterocycles. The Morgan fingerprint density at radius 3 is 2.50 bits per heavy atom. The maximum absolute atomic E-state index is 5.64. The quantitative estimate of drug-likeness (QED) is 0.648. The molecule has 0 aliphatic heterocycles. The van der Waals surface area contributed by atoms with E-state index in [1.165, 1.54) is 16.0 Å². The van der Waals surface area contributed by atoms with Gasteiger partial charge in [-0.3, -0.25) is 4.57 Å². The second-order valence-electron chi connectivity index (χ2n) is 6.47. The molecule has 2 aromatic carbocycles. The number of aryl methyl sites for hydroxylation is 1. The molecule has 0 bridgehead atoms. The summed E-state index contributed by atoms with van der Waals surface area (Å²) in [4.78, 5) is 1.34. The fourth-order valence-corrected chi connectivity index (χ4v) is 3.55. The van der Waals surface area contributed by atoms with Gasteiger partial charge in [-0.05, 0) is 49.5 Å². The zero-order valence-electron chi connectivity index (χ0n) is 15.8. The van der Waals surface area contributed by atoms with E-state index in [0.29, 0.717) is 6.61 Å². The Hall–Kier alpha value is -2.31. The zero-order valence-corrected chi connectivity index (χ0v) is 16.6. The molecule has 0 saturated carbocycles. The van der Waals surface area contributed by atoms with Crippen molar-refractivity contribution in [2.75, 3.05) is 20.8 Å². The largest absolute Gasteiger partial charge is 0.493 e. The standard InChI is InChI=1S/C20H25N3O2S/c1-5-25-18-11-10-15(12-19(18)24-4)13-21(2)14-23-17-9-7-6-8-16(17)22(3)20(23)26/h6-12H,5,13-14H2,1-4H3/p+1. The van der Waals surface area contributed by atoms with Crippen LogP contribution in [0.1, 0.15) is 12.5 Å². The van der Waals surface area contributed by atoms with Crippen molar-refractivity contribution in [2.45, 2.75) is 20.1 Å². The number of fused-ring (bicyclic) bond motifs is 1. The lowest BCUT2D eigenvalue weighted by atomic mass is 10.2. The topological polar surface area (TPSA) is 32.8 Å². The van der Waals surface area contributed by atoms with Gasteiger partial charge < -0.3 is 18.9 Å². The summed E-state index contributed by atoms with van der Waals surface area (Å²) in [6.45, 7) is 4.27. The van der Waals surface area contributed by atoms with E-state index >= 15 is 0 Å². The minimum absolute atomic E-state index is 0.625. The number of nitrogens with one attached hydrogen (secondary N) is 1. The average Bonchev–Trinajstić information content (AvgIpc) is 2.88. The molecular weight excluding hydrogens is 346 g/mol. The van der Waals surface area contributed by atoms with Crippen molar-refractivity contribution in [3.63, 3.8) is 0 Å². The Morgan fingerprint density at radius 2 is 1.81 bits per heavy atom. The summed E-state index contributed by atoms with van der Waals surface area (Å²) >= 11 is 5.64. The lowest BCUT2D eigenvalue weighted by Crippen LogP contribution is -3.06. The number of quaternary nitrogens is 1. The molecule has 0 aliphatic rings. The highest BCUT2D eigenvalue weighted by Crippen LogP contribution is 2.27. The van der Waals surface area contributed by atoms with Gasteiger partial charge in [-0.2, -0.15) is 0 Å². The first-order chi connectivity index (χ1) is 12.5. The summed E-state index contributed by atoms with van der Waals surface area (Å²) in [5.74, 6) is 1.56. The van der Waals surface area contributed by atoms with Crippen LogP contribution in [0.4, 0.5) is 0 Å². The second kappa shape index (κ2) is 7.93. The summed E-state index contributed by atoms with van der Waals surface area (Å²) in [6.07, 6.45) is 0. The predicted octanol–water partition coefficient (Wildman–Crippen LogP) is 2.79. The van der Waals surface area contributed by atoms with Crippen molar-refractivity contribution >= 4 is 23.3 Å². The van der Waals surface area contributed by atoms with Crippen LogP contribution < -0.4 is 14.4 Å². The Bertz CT molecular complexity index is 961. The van der Waals surface area contributed by atoms with Crippen molar-refractivity contribution in [2.24, 2.45) is 7.05 Å². The molecule has 138 valence electrons. The number of hydrogen-bond donors (Lipinski definition) is 1. The van der Waals surface area contributed by atoms with Gasteiger partial charge >= 0.3 is 0 Å². The van der Waals surface area contributed by atoms with Crippen LogP contribution >= 0.6 is 12.2 Å². The van der Waals surface area contributed by atoms with Gasteiger partial charge in [-0.15, -0.1) is 0 Å². The Morgan fingerprint density at radius 1 is 1.08 bits per heavy atom. The van der Waals surface area contributed by atoms with E-state index in [1.54, 1.807) is 7.11 Å². The monoisotopic (exact) mass is 372 g/mol. The number of ether oxygens (including phenoxy) is 2. The molecule has 3 aromatic rings. The maximum atomic E-state index is 5.64. The van der Waals surface area contributed by atoms with E-state index in [2.05, 4.69) is 46.5 Å². The van der Waals surface area contributed by atoms with E-state index < -0.39 is 0 Å². The molecule has 0 spiro atoms. The van der Waals surface area contributed by atoms with Crippen LogP contribution in [0, 0.1) is 4.77 Å². The highest BCUT2D eigenvalue weighted by Gasteiger charge is 2.13. The molecule has 6 heteroatoms. The smallest absolute Gasteiger partial charge is 0.184 e. The van der Waals surface area contributed by atoms with Gasteiger partial charge in [0.15, 0.2) is 22.9 Å². The number of nitrogens with zero attached hydrogens (tertiary/aromatic N) is 2. The van der Waals surface area contributed by atoms with Crippen molar-refractivity contribution in [3.05, 3.63) is 52.8 Å². The van der Waals surface area contributed by atoms with E-state index in [-0.39, 0.29) is 0 Å². The molecular formula is C20H26N3O2S+. The molecule has 1 aromatic heterocycles. The molecule has 1 unspecified atom stereocenters. The third-order valence-corrected chi connectivity index (χ3v) is 5.01.